The molecule has 0 aliphatic heterocycles. The minimum Gasteiger partial charge on any atom is -0.399 e. The highest BCUT2D eigenvalue weighted by Crippen LogP contribution is 2.35. The Kier molecular flexibility index (Phi) is 4.08. The number of nitrogen functional groups attached to an aromatic ring is 1. The fourth-order valence-electron chi connectivity index (χ4n) is 2.79. The summed E-state index contributed by atoms with van der Waals surface area (Å²) < 4.78 is 0. The third-order valence-electron chi connectivity index (χ3n) is 4.13. The van der Waals surface area contributed by atoms with Crippen LogP contribution in [0.4, 0.5) is 5.69 Å². The maximum absolute atomic E-state index is 12.6. The van der Waals surface area contributed by atoms with Gasteiger partial charge in [0.25, 0.3) is 0 Å². The number of hydrogen-bond acceptors (Lipinski definition) is 2. The molecule has 1 aliphatic rings. The minimum absolute atomic E-state index is 0.191. The van der Waals surface area contributed by atoms with Crippen molar-refractivity contribution in [2.24, 2.45) is 17.8 Å². The number of anilines is 1. The lowest BCUT2D eigenvalue weighted by molar-refractivity contribution is -0.122. The van der Waals surface area contributed by atoms with Crippen LogP contribution in [-0.4, -0.2) is 5.78 Å². The fourth-order valence-corrected chi connectivity index (χ4v) is 2.79. The number of nitrogens with two attached hydrogens (primary N) is 1. The number of carbonyl (C=O) groups is 1. The molecule has 2 heteroatoms. The van der Waals surface area contributed by atoms with E-state index in [1.165, 1.54) is 0 Å². The minimum atomic E-state index is 0.191. The van der Waals surface area contributed by atoms with Crippen molar-refractivity contribution in [3.63, 3.8) is 0 Å². The van der Waals surface area contributed by atoms with Crippen LogP contribution < -0.4 is 5.73 Å². The van der Waals surface area contributed by atoms with Crippen molar-refractivity contribution in [3.8, 4) is 0 Å². The molecule has 0 bridgehead atoms. The number of ketones is 1. The molecule has 102 valence electrons. The first-order valence-electron chi connectivity index (χ1n) is 7.10. The van der Waals surface area contributed by atoms with Gasteiger partial charge in [-0.1, -0.05) is 32.9 Å². The summed E-state index contributed by atoms with van der Waals surface area (Å²) in [6.45, 7) is 6.43. The number of rotatable bonds is 2. The van der Waals surface area contributed by atoms with Gasteiger partial charge in [-0.05, 0) is 54.0 Å². The van der Waals surface area contributed by atoms with Crippen molar-refractivity contribution in [1.82, 2.24) is 0 Å². The summed E-state index contributed by atoms with van der Waals surface area (Å²) in [5.41, 5.74) is 8.49. The molecule has 2 N–H and O–H groups in total. The lowest BCUT2D eigenvalue weighted by Gasteiger charge is -2.30. The van der Waals surface area contributed by atoms with E-state index in [-0.39, 0.29) is 5.92 Å². The molecule has 1 aromatic carbocycles. The van der Waals surface area contributed by atoms with Crippen LogP contribution in [0.3, 0.4) is 0 Å². The van der Waals surface area contributed by atoms with Crippen LogP contribution in [0, 0.1) is 17.8 Å². The van der Waals surface area contributed by atoms with Crippen LogP contribution in [0.1, 0.15) is 39.2 Å². The molecule has 2 nitrogen and oxygen atoms in total. The molecule has 1 aromatic rings. The van der Waals surface area contributed by atoms with Crippen LogP contribution in [0.2, 0.25) is 0 Å². The first-order chi connectivity index (χ1) is 8.99. The van der Waals surface area contributed by atoms with Crippen molar-refractivity contribution in [1.29, 1.82) is 0 Å². The van der Waals surface area contributed by atoms with Crippen LogP contribution in [0.15, 0.2) is 29.8 Å². The summed E-state index contributed by atoms with van der Waals surface area (Å²) in [6, 6.07) is 7.71. The first kappa shape index (κ1) is 13.9. The van der Waals surface area contributed by atoms with E-state index >= 15 is 0 Å². The van der Waals surface area contributed by atoms with E-state index in [1.54, 1.807) is 0 Å². The molecular weight excluding hydrogens is 234 g/mol. The average molecular weight is 257 g/mol. The molecule has 0 saturated heterocycles. The summed E-state index contributed by atoms with van der Waals surface area (Å²) in [5.74, 6) is 1.32. The van der Waals surface area contributed by atoms with Gasteiger partial charge in [0.05, 0.1) is 0 Å². The quantitative estimate of drug-likeness (QED) is 0.644. The fraction of sp³-hybridized carbons (Fsp3) is 0.471. The summed E-state index contributed by atoms with van der Waals surface area (Å²) in [7, 11) is 0. The molecular formula is C17H23NO. The van der Waals surface area contributed by atoms with Gasteiger partial charge in [0.1, 0.15) is 0 Å². The van der Waals surface area contributed by atoms with E-state index in [2.05, 4.69) is 20.8 Å². The number of Topliss-reactive ketones (excluding diaryl/α,β-unsaturated/α-hetero) is 1. The standard InChI is InChI=1S/C17H23NO/c1-11(2)15-9-4-12(3)16(17(15)19)10-13-5-7-14(18)8-6-13/h5-8,10-12,15H,4,9,18H2,1-3H3/t12-,15+/m0/s1. The predicted molar refractivity (Wildman–Crippen MR) is 80.6 cm³/mol. The second kappa shape index (κ2) is 5.60. The molecule has 0 heterocycles. The molecule has 1 aliphatic carbocycles. The van der Waals surface area contributed by atoms with E-state index < -0.39 is 0 Å². The molecule has 0 aromatic heterocycles. The molecule has 0 unspecified atom stereocenters. The van der Waals surface area contributed by atoms with Crippen molar-refractivity contribution in [3.05, 3.63) is 35.4 Å². The average Bonchev–Trinajstić information content (AvgIpc) is 2.36. The van der Waals surface area contributed by atoms with Crippen molar-refractivity contribution in [2.45, 2.75) is 33.6 Å². The summed E-state index contributed by atoms with van der Waals surface area (Å²) in [4.78, 5) is 12.6. The summed E-state index contributed by atoms with van der Waals surface area (Å²) in [5, 5.41) is 0. The lowest BCUT2D eigenvalue weighted by atomic mass is 9.73. The van der Waals surface area contributed by atoms with Gasteiger partial charge in [0.15, 0.2) is 5.78 Å². The molecule has 0 amide bonds. The lowest BCUT2D eigenvalue weighted by Crippen LogP contribution is -2.30. The third kappa shape index (κ3) is 3.06. The van der Waals surface area contributed by atoms with Crippen molar-refractivity contribution in [2.75, 3.05) is 5.73 Å². The molecule has 0 radical (unpaired) electrons. The molecule has 1 saturated carbocycles. The van der Waals surface area contributed by atoms with Gasteiger partial charge >= 0.3 is 0 Å². The number of carbonyl (C=O) groups excluding carboxylic acids is 1. The largest absolute Gasteiger partial charge is 0.399 e. The van der Waals surface area contributed by atoms with Gasteiger partial charge in [-0.3, -0.25) is 4.79 Å². The Bertz CT molecular complexity index is 484. The predicted octanol–water partition coefficient (Wildman–Crippen LogP) is 3.92. The Morgan fingerprint density at radius 3 is 2.42 bits per heavy atom. The highest BCUT2D eigenvalue weighted by molar-refractivity contribution is 6.02. The van der Waals surface area contributed by atoms with Crippen LogP contribution in [-0.2, 0) is 4.79 Å². The van der Waals surface area contributed by atoms with Gasteiger partial charge in [0.2, 0.25) is 0 Å². The van der Waals surface area contributed by atoms with Crippen molar-refractivity contribution < 1.29 is 4.79 Å². The van der Waals surface area contributed by atoms with E-state index in [0.29, 0.717) is 17.6 Å². The van der Waals surface area contributed by atoms with Crippen LogP contribution in [0.25, 0.3) is 6.08 Å². The zero-order valence-corrected chi connectivity index (χ0v) is 12.0. The van der Waals surface area contributed by atoms with Gasteiger partial charge in [-0.25, -0.2) is 0 Å². The van der Waals surface area contributed by atoms with Gasteiger partial charge in [0, 0.05) is 11.6 Å². The molecule has 0 spiro atoms. The number of hydrogen-bond donors (Lipinski definition) is 1. The van der Waals surface area contributed by atoms with Gasteiger partial charge < -0.3 is 5.73 Å². The van der Waals surface area contributed by atoms with Gasteiger partial charge in [-0.15, -0.1) is 0 Å². The molecule has 1 fully saturated rings. The Labute approximate surface area is 115 Å². The summed E-state index contributed by atoms with van der Waals surface area (Å²) in [6.07, 6.45) is 4.17. The molecule has 2 rings (SSSR count). The van der Waals surface area contributed by atoms with Crippen LogP contribution >= 0.6 is 0 Å². The second-order valence-corrected chi connectivity index (χ2v) is 5.96. The second-order valence-electron chi connectivity index (χ2n) is 5.96. The highest BCUT2D eigenvalue weighted by Gasteiger charge is 2.32. The maximum Gasteiger partial charge on any atom is 0.162 e. The van der Waals surface area contributed by atoms with E-state index in [9.17, 15) is 4.79 Å². The molecule has 2 atom stereocenters. The number of allylic oxidation sites excluding steroid dienone is 1. The maximum atomic E-state index is 12.6. The van der Waals surface area contributed by atoms with Crippen LogP contribution in [0.5, 0.6) is 0 Å². The zero-order chi connectivity index (χ0) is 14.0. The van der Waals surface area contributed by atoms with E-state index in [1.807, 2.05) is 30.3 Å². The highest BCUT2D eigenvalue weighted by atomic mass is 16.1. The summed E-state index contributed by atoms with van der Waals surface area (Å²) >= 11 is 0. The molecule has 19 heavy (non-hydrogen) atoms. The zero-order valence-electron chi connectivity index (χ0n) is 12.0. The Hall–Kier alpha value is -1.57. The monoisotopic (exact) mass is 257 g/mol. The van der Waals surface area contributed by atoms with E-state index in [0.717, 1.165) is 29.7 Å². The normalized spacial score (nSPS) is 26.1. The van der Waals surface area contributed by atoms with E-state index in [4.69, 9.17) is 5.73 Å². The van der Waals surface area contributed by atoms with Crippen molar-refractivity contribution >= 4 is 17.5 Å². The smallest absolute Gasteiger partial charge is 0.162 e. The third-order valence-corrected chi connectivity index (χ3v) is 4.13. The number of benzene rings is 1. The Morgan fingerprint density at radius 1 is 1.21 bits per heavy atom. The Balaban J connectivity index is 2.29. The topological polar surface area (TPSA) is 43.1 Å². The SMILES string of the molecule is CC(C)[C@H]1CC[C@H](C)C(=Cc2ccc(N)cc2)C1=O. The van der Waals surface area contributed by atoms with Gasteiger partial charge in [-0.2, -0.15) is 0 Å². The Morgan fingerprint density at radius 2 is 1.84 bits per heavy atom. The first-order valence-corrected chi connectivity index (χ1v) is 7.10.